The molecule has 0 spiro atoms. The van der Waals surface area contributed by atoms with Crippen LogP contribution in [0.4, 0.5) is 0 Å². The zero-order chi connectivity index (χ0) is 20.1. The van der Waals surface area contributed by atoms with Crippen molar-refractivity contribution in [2.45, 2.75) is 109 Å². The molecule has 0 unspecified atom stereocenters. The number of hydrogen-bond donors (Lipinski definition) is 5. The molecule has 0 aliphatic carbocycles. The van der Waals surface area contributed by atoms with E-state index in [1.54, 1.807) is 0 Å². The third-order valence-electron chi connectivity index (χ3n) is 4.32. The lowest BCUT2D eigenvalue weighted by Crippen LogP contribution is -2.37. The molecule has 0 amide bonds. The second-order valence-corrected chi connectivity index (χ2v) is 6.92. The van der Waals surface area contributed by atoms with E-state index in [0.717, 1.165) is 19.3 Å². The van der Waals surface area contributed by atoms with Gasteiger partial charge in [0, 0.05) is 6.42 Å². The summed E-state index contributed by atoms with van der Waals surface area (Å²) in [6.07, 6.45) is 17.0. The Morgan fingerprint density at radius 3 is 1.23 bits per heavy atom. The summed E-state index contributed by atoms with van der Waals surface area (Å²) in [5.41, 5.74) is 0. The molecule has 0 radical (unpaired) electrons. The van der Waals surface area contributed by atoms with Gasteiger partial charge >= 0.3 is 5.97 Å². The Balaban J connectivity index is 0. The zero-order valence-electron chi connectivity index (χ0n) is 16.7. The normalized spacial score (nSPS) is 11.1. The monoisotopic (exact) mass is 378 g/mol. The number of rotatable bonds is 17. The van der Waals surface area contributed by atoms with E-state index < -0.39 is 11.8 Å². The highest BCUT2D eigenvalue weighted by atomic mass is 16.5. The quantitative estimate of drug-likeness (QED) is 0.195. The molecule has 0 bridgehead atoms. The SMILES string of the molecule is CCCCCCCCCCCCCCCCC(O)(O)C(=O)O.OCCO. The Morgan fingerprint density at radius 2 is 0.962 bits per heavy atom. The van der Waals surface area contributed by atoms with Gasteiger partial charge in [-0.15, -0.1) is 0 Å². The minimum Gasteiger partial charge on any atom is -0.477 e. The average molecular weight is 379 g/mol. The minimum atomic E-state index is -2.54. The minimum absolute atomic E-state index is 0.0830. The van der Waals surface area contributed by atoms with Gasteiger partial charge < -0.3 is 25.5 Å². The average Bonchev–Trinajstić information content (AvgIpc) is 2.62. The van der Waals surface area contributed by atoms with Crippen molar-refractivity contribution >= 4 is 5.97 Å². The number of carbonyl (C=O) groups is 1. The first-order valence-corrected chi connectivity index (χ1v) is 10.3. The van der Waals surface area contributed by atoms with E-state index in [1.807, 2.05) is 0 Å². The third kappa shape index (κ3) is 21.4. The molecule has 0 aliphatic heterocycles. The summed E-state index contributed by atoms with van der Waals surface area (Å²) in [5, 5.41) is 42.1. The second kappa shape index (κ2) is 20.6. The van der Waals surface area contributed by atoms with Crippen LogP contribution in [-0.4, -0.2) is 50.5 Å². The summed E-state index contributed by atoms with van der Waals surface area (Å²) < 4.78 is 0. The van der Waals surface area contributed by atoms with Gasteiger partial charge in [0.05, 0.1) is 13.2 Å². The zero-order valence-corrected chi connectivity index (χ0v) is 16.7. The summed E-state index contributed by atoms with van der Waals surface area (Å²) >= 11 is 0. The lowest BCUT2D eigenvalue weighted by Gasteiger charge is -2.15. The molecule has 0 saturated carbocycles. The van der Waals surface area contributed by atoms with Gasteiger partial charge in [-0.25, -0.2) is 4.79 Å². The molecule has 0 aromatic rings. The fraction of sp³-hybridized carbons (Fsp3) is 0.950. The molecule has 0 heterocycles. The first kappa shape index (κ1) is 27.5. The van der Waals surface area contributed by atoms with Crippen LogP contribution in [0.15, 0.2) is 0 Å². The number of aliphatic carboxylic acids is 1. The fourth-order valence-corrected chi connectivity index (χ4v) is 2.67. The van der Waals surface area contributed by atoms with E-state index in [4.69, 9.17) is 25.5 Å². The molecular weight excluding hydrogens is 336 g/mol. The van der Waals surface area contributed by atoms with Crippen molar-refractivity contribution in [2.24, 2.45) is 0 Å². The molecule has 6 nitrogen and oxygen atoms in total. The second-order valence-electron chi connectivity index (χ2n) is 6.92. The third-order valence-corrected chi connectivity index (χ3v) is 4.32. The predicted molar refractivity (Wildman–Crippen MR) is 104 cm³/mol. The van der Waals surface area contributed by atoms with Crippen LogP contribution in [0.3, 0.4) is 0 Å². The number of aliphatic hydroxyl groups excluding tert-OH is 2. The fourth-order valence-electron chi connectivity index (χ4n) is 2.67. The molecule has 0 fully saturated rings. The molecule has 0 aromatic carbocycles. The molecule has 0 aliphatic rings. The Morgan fingerprint density at radius 1 is 0.654 bits per heavy atom. The molecular formula is C20H42O6. The Kier molecular flexibility index (Phi) is 21.8. The molecule has 0 aromatic heterocycles. The smallest absolute Gasteiger partial charge is 0.364 e. The van der Waals surface area contributed by atoms with E-state index in [0.29, 0.717) is 6.42 Å². The van der Waals surface area contributed by atoms with Crippen molar-refractivity contribution in [2.75, 3.05) is 13.2 Å². The molecule has 158 valence electrons. The highest BCUT2D eigenvalue weighted by Crippen LogP contribution is 2.15. The van der Waals surface area contributed by atoms with Crippen LogP contribution in [0.5, 0.6) is 0 Å². The summed E-state index contributed by atoms with van der Waals surface area (Å²) in [5.74, 6) is -4.10. The first-order chi connectivity index (χ1) is 12.4. The molecule has 5 N–H and O–H groups in total. The van der Waals surface area contributed by atoms with Crippen molar-refractivity contribution in [3.63, 3.8) is 0 Å². The topological polar surface area (TPSA) is 118 Å². The first-order valence-electron chi connectivity index (χ1n) is 10.3. The molecule has 26 heavy (non-hydrogen) atoms. The Labute approximate surface area is 159 Å². The number of unbranched alkanes of at least 4 members (excludes halogenated alkanes) is 13. The van der Waals surface area contributed by atoms with Crippen LogP contribution in [-0.2, 0) is 4.79 Å². The summed E-state index contributed by atoms with van der Waals surface area (Å²) in [6.45, 7) is 2.00. The maximum atomic E-state index is 10.5. The van der Waals surface area contributed by atoms with Crippen LogP contribution in [0.1, 0.15) is 103 Å². The van der Waals surface area contributed by atoms with Crippen molar-refractivity contribution < 1.29 is 30.3 Å². The maximum Gasteiger partial charge on any atom is 0.364 e. The van der Waals surface area contributed by atoms with E-state index in [-0.39, 0.29) is 19.6 Å². The van der Waals surface area contributed by atoms with Crippen LogP contribution >= 0.6 is 0 Å². The van der Waals surface area contributed by atoms with Crippen molar-refractivity contribution in [3.8, 4) is 0 Å². The lowest BCUT2D eigenvalue weighted by molar-refractivity contribution is -0.205. The van der Waals surface area contributed by atoms with E-state index in [1.165, 1.54) is 64.2 Å². The summed E-state index contributed by atoms with van der Waals surface area (Å²) in [6, 6.07) is 0. The van der Waals surface area contributed by atoms with Gasteiger partial charge in [-0.3, -0.25) is 0 Å². The van der Waals surface area contributed by atoms with E-state index >= 15 is 0 Å². The summed E-state index contributed by atoms with van der Waals surface area (Å²) in [4.78, 5) is 10.5. The van der Waals surface area contributed by atoms with Gasteiger partial charge in [-0.1, -0.05) is 90.4 Å². The Hall–Kier alpha value is -0.690. The molecule has 0 atom stereocenters. The van der Waals surface area contributed by atoms with Gasteiger partial charge in [0.25, 0.3) is 5.79 Å². The van der Waals surface area contributed by atoms with Crippen LogP contribution in [0.25, 0.3) is 0 Å². The summed E-state index contributed by atoms with van der Waals surface area (Å²) in [7, 11) is 0. The van der Waals surface area contributed by atoms with Crippen molar-refractivity contribution in [3.05, 3.63) is 0 Å². The van der Waals surface area contributed by atoms with Crippen molar-refractivity contribution in [1.82, 2.24) is 0 Å². The van der Waals surface area contributed by atoms with E-state index in [9.17, 15) is 4.79 Å². The van der Waals surface area contributed by atoms with Gasteiger partial charge in [0.2, 0.25) is 0 Å². The Bertz CT molecular complexity index is 292. The number of carboxylic acids is 1. The molecule has 6 heteroatoms. The lowest BCUT2D eigenvalue weighted by atomic mass is 10.0. The van der Waals surface area contributed by atoms with Gasteiger partial charge in [0.1, 0.15) is 0 Å². The number of aliphatic hydroxyl groups is 4. The van der Waals surface area contributed by atoms with Gasteiger partial charge in [-0.2, -0.15) is 0 Å². The highest BCUT2D eigenvalue weighted by molar-refractivity contribution is 5.74. The van der Waals surface area contributed by atoms with Crippen molar-refractivity contribution in [1.29, 1.82) is 0 Å². The standard InChI is InChI=1S/C18H36O4.C2H6O2/c1-2-3-4-5-6-7-8-9-10-11-12-13-14-15-16-18(21,22)17(19)20;3-1-2-4/h21-22H,2-16H2,1H3,(H,19,20);3-4H,1-2H2. The number of carboxylic acid groups (broad SMARTS) is 1. The maximum absolute atomic E-state index is 10.5. The predicted octanol–water partition coefficient (Wildman–Crippen LogP) is 3.59. The number of hydrogen-bond acceptors (Lipinski definition) is 5. The largest absolute Gasteiger partial charge is 0.477 e. The molecule has 0 saturated heterocycles. The van der Waals surface area contributed by atoms with E-state index in [2.05, 4.69) is 6.92 Å². The van der Waals surface area contributed by atoms with Gasteiger partial charge in [0.15, 0.2) is 0 Å². The molecule has 0 rings (SSSR count). The van der Waals surface area contributed by atoms with Crippen LogP contribution < -0.4 is 0 Å². The highest BCUT2D eigenvalue weighted by Gasteiger charge is 2.31. The van der Waals surface area contributed by atoms with Crippen LogP contribution in [0, 0.1) is 0 Å². The van der Waals surface area contributed by atoms with Crippen LogP contribution in [0.2, 0.25) is 0 Å². The van der Waals surface area contributed by atoms with Gasteiger partial charge in [-0.05, 0) is 6.42 Å².